The number of pyridine rings is 1. The number of aromatic nitrogens is 3. The molecule has 5 rings (SSSR count). The van der Waals surface area contributed by atoms with Gasteiger partial charge >= 0.3 is 0 Å². The molecule has 1 fully saturated rings. The minimum Gasteiger partial charge on any atom is -0.342 e. The molecule has 0 aliphatic carbocycles. The number of piperidine rings is 1. The molecule has 7 nitrogen and oxygen atoms in total. The Morgan fingerprint density at radius 3 is 3.07 bits per heavy atom. The van der Waals surface area contributed by atoms with E-state index < -0.39 is 0 Å². The number of rotatable bonds is 3. The van der Waals surface area contributed by atoms with Crippen LogP contribution in [0.2, 0.25) is 0 Å². The number of nitrogens with one attached hydrogen (secondary N) is 1. The zero-order valence-electron chi connectivity index (χ0n) is 15.4. The molecule has 0 spiro atoms. The van der Waals surface area contributed by atoms with E-state index in [-0.39, 0.29) is 17.4 Å². The van der Waals surface area contributed by atoms with Crippen LogP contribution in [0.1, 0.15) is 35.8 Å². The van der Waals surface area contributed by atoms with Crippen molar-refractivity contribution in [2.45, 2.75) is 44.8 Å². The third-order valence-corrected chi connectivity index (χ3v) is 6.15. The summed E-state index contributed by atoms with van der Waals surface area (Å²) in [5.41, 5.74) is 3.39. The number of fused-ring (bicyclic) bond motifs is 5. The quantitative estimate of drug-likeness (QED) is 0.868. The maximum Gasteiger partial charge on any atom is 0.250 e. The van der Waals surface area contributed by atoms with Crippen LogP contribution in [0.15, 0.2) is 29.1 Å². The lowest BCUT2D eigenvalue weighted by atomic mass is 9.83. The first-order valence-electron chi connectivity index (χ1n) is 9.91. The Hall–Kier alpha value is -2.41. The summed E-state index contributed by atoms with van der Waals surface area (Å²) in [6.45, 7) is 4.93. The van der Waals surface area contributed by atoms with Crippen LogP contribution in [0, 0.1) is 5.92 Å². The van der Waals surface area contributed by atoms with Gasteiger partial charge in [-0.15, -0.1) is 0 Å². The number of likely N-dealkylation sites (tertiary alicyclic amines) is 1. The Labute approximate surface area is 158 Å². The first-order valence-corrected chi connectivity index (χ1v) is 9.91. The van der Waals surface area contributed by atoms with Gasteiger partial charge in [0.1, 0.15) is 0 Å². The Bertz CT molecular complexity index is 907. The van der Waals surface area contributed by atoms with E-state index in [2.05, 4.69) is 21.2 Å². The van der Waals surface area contributed by atoms with Gasteiger partial charge < -0.3 is 14.8 Å². The summed E-state index contributed by atoms with van der Waals surface area (Å²) in [5, 5.41) is 7.98. The van der Waals surface area contributed by atoms with E-state index >= 15 is 0 Å². The Morgan fingerprint density at radius 2 is 2.19 bits per heavy atom. The number of hydrogen-bond donors (Lipinski definition) is 1. The Morgan fingerprint density at radius 1 is 1.26 bits per heavy atom. The lowest BCUT2D eigenvalue weighted by Crippen LogP contribution is -2.49. The van der Waals surface area contributed by atoms with E-state index in [0.29, 0.717) is 18.8 Å². The van der Waals surface area contributed by atoms with Crippen molar-refractivity contribution >= 4 is 5.91 Å². The number of carbonyl (C=O) groups is 1. The zero-order chi connectivity index (χ0) is 18.4. The maximum atomic E-state index is 12.8. The predicted octanol–water partition coefficient (Wildman–Crippen LogP) is 0.726. The summed E-state index contributed by atoms with van der Waals surface area (Å²) in [5.74, 6) is 0.869. The van der Waals surface area contributed by atoms with Crippen LogP contribution in [-0.4, -0.2) is 44.8 Å². The number of nitrogens with zero attached hydrogens (tertiary/aromatic N) is 4. The molecule has 0 aromatic carbocycles. The monoisotopic (exact) mass is 367 g/mol. The summed E-state index contributed by atoms with van der Waals surface area (Å²) in [6.07, 6.45) is 2.28. The molecule has 3 aliphatic heterocycles. The van der Waals surface area contributed by atoms with Gasteiger partial charge in [-0.1, -0.05) is 6.07 Å². The van der Waals surface area contributed by atoms with Crippen molar-refractivity contribution in [3.8, 4) is 0 Å². The van der Waals surface area contributed by atoms with Gasteiger partial charge in [0.05, 0.1) is 17.9 Å². The maximum absolute atomic E-state index is 12.8. The van der Waals surface area contributed by atoms with Crippen molar-refractivity contribution in [2.24, 2.45) is 5.92 Å². The molecule has 2 bridgehead atoms. The average molecular weight is 367 g/mol. The summed E-state index contributed by atoms with van der Waals surface area (Å²) < 4.78 is 3.96. The first kappa shape index (κ1) is 16.7. The highest BCUT2D eigenvalue weighted by Gasteiger charge is 2.36. The largest absolute Gasteiger partial charge is 0.342 e. The summed E-state index contributed by atoms with van der Waals surface area (Å²) in [4.78, 5) is 27.0. The topological polar surface area (TPSA) is 72.2 Å². The molecule has 1 N–H and O–H groups in total. The van der Waals surface area contributed by atoms with Crippen LogP contribution in [-0.2, 0) is 30.8 Å². The van der Waals surface area contributed by atoms with Crippen molar-refractivity contribution in [3.63, 3.8) is 0 Å². The molecule has 2 unspecified atom stereocenters. The van der Waals surface area contributed by atoms with Crippen LogP contribution in [0.4, 0.5) is 0 Å². The van der Waals surface area contributed by atoms with Crippen molar-refractivity contribution in [3.05, 3.63) is 51.7 Å². The molecule has 5 heterocycles. The van der Waals surface area contributed by atoms with Crippen LogP contribution >= 0.6 is 0 Å². The number of hydrogen-bond acceptors (Lipinski definition) is 4. The molecule has 0 radical (unpaired) electrons. The molecule has 27 heavy (non-hydrogen) atoms. The normalized spacial score (nSPS) is 23.6. The van der Waals surface area contributed by atoms with Gasteiger partial charge in [-0.25, -0.2) is 0 Å². The van der Waals surface area contributed by atoms with Crippen LogP contribution in [0.5, 0.6) is 0 Å². The van der Waals surface area contributed by atoms with Crippen molar-refractivity contribution in [1.29, 1.82) is 0 Å². The fourth-order valence-electron chi connectivity index (χ4n) is 4.87. The van der Waals surface area contributed by atoms with E-state index in [0.717, 1.165) is 57.1 Å². The van der Waals surface area contributed by atoms with E-state index in [4.69, 9.17) is 0 Å². The Kier molecular flexibility index (Phi) is 4.11. The average Bonchev–Trinajstić information content (AvgIpc) is 3.10. The summed E-state index contributed by atoms with van der Waals surface area (Å²) in [7, 11) is 0. The highest BCUT2D eigenvalue weighted by molar-refractivity contribution is 5.76. The first-order chi connectivity index (χ1) is 13.2. The van der Waals surface area contributed by atoms with E-state index in [1.807, 2.05) is 21.6 Å². The van der Waals surface area contributed by atoms with Crippen LogP contribution in [0.3, 0.4) is 0 Å². The molecule has 0 saturated carbocycles. The molecule has 2 atom stereocenters. The predicted molar refractivity (Wildman–Crippen MR) is 100 cm³/mol. The van der Waals surface area contributed by atoms with Gasteiger partial charge in [-0.05, 0) is 24.5 Å². The van der Waals surface area contributed by atoms with E-state index in [9.17, 15) is 9.59 Å². The van der Waals surface area contributed by atoms with Crippen molar-refractivity contribution in [2.75, 3.05) is 19.6 Å². The standard InChI is InChI=1S/C20H25N5O2/c26-19(5-4-16-9-17-10-21-6-7-25(17)22-16)23-11-14-8-15(13-23)18-2-1-3-20(27)24(18)12-14/h1-3,9,14-15,21H,4-8,10-13H2. The molecule has 1 saturated heterocycles. The second-order valence-electron chi connectivity index (χ2n) is 8.02. The molecular formula is C20H25N5O2. The van der Waals surface area contributed by atoms with Gasteiger partial charge in [0.2, 0.25) is 5.91 Å². The van der Waals surface area contributed by atoms with Gasteiger partial charge in [0.25, 0.3) is 5.56 Å². The molecule has 7 heteroatoms. The number of aryl methyl sites for hydroxylation is 1. The zero-order valence-corrected chi connectivity index (χ0v) is 15.4. The van der Waals surface area contributed by atoms with E-state index in [1.54, 1.807) is 6.07 Å². The molecular weight excluding hydrogens is 342 g/mol. The SMILES string of the molecule is O=C(CCc1cc2n(n1)CCNC2)N1CC2CC(C1)c1cccc(=O)n1C2. The summed E-state index contributed by atoms with van der Waals surface area (Å²) >= 11 is 0. The van der Waals surface area contributed by atoms with E-state index in [1.165, 1.54) is 5.69 Å². The highest BCUT2D eigenvalue weighted by atomic mass is 16.2. The van der Waals surface area contributed by atoms with Gasteiger partial charge in [0, 0.05) is 63.2 Å². The molecule has 2 aromatic heterocycles. The Balaban J connectivity index is 1.25. The minimum absolute atomic E-state index is 0.0835. The molecule has 142 valence electrons. The van der Waals surface area contributed by atoms with Crippen molar-refractivity contribution in [1.82, 2.24) is 24.6 Å². The third-order valence-electron chi connectivity index (χ3n) is 6.15. The minimum atomic E-state index is 0.0835. The molecule has 3 aliphatic rings. The van der Waals surface area contributed by atoms with Gasteiger partial charge in [-0.2, -0.15) is 5.10 Å². The third kappa shape index (κ3) is 3.10. The van der Waals surface area contributed by atoms with Crippen LogP contribution < -0.4 is 10.9 Å². The lowest BCUT2D eigenvalue weighted by molar-refractivity contribution is -0.133. The van der Waals surface area contributed by atoms with Gasteiger partial charge in [0.15, 0.2) is 0 Å². The van der Waals surface area contributed by atoms with Gasteiger partial charge in [-0.3, -0.25) is 14.3 Å². The second kappa shape index (κ2) is 6.64. The fraction of sp³-hybridized carbons (Fsp3) is 0.550. The number of amides is 1. The smallest absolute Gasteiger partial charge is 0.250 e. The molecule has 2 aromatic rings. The van der Waals surface area contributed by atoms with Crippen molar-refractivity contribution < 1.29 is 4.79 Å². The fourth-order valence-corrected chi connectivity index (χ4v) is 4.87. The van der Waals surface area contributed by atoms with Crippen LogP contribution in [0.25, 0.3) is 0 Å². The second-order valence-corrected chi connectivity index (χ2v) is 8.02. The summed E-state index contributed by atoms with van der Waals surface area (Å²) in [6, 6.07) is 7.63. The molecule has 1 amide bonds. The lowest BCUT2D eigenvalue weighted by Gasteiger charge is -2.42. The number of carbonyl (C=O) groups excluding carboxylic acids is 1. The highest BCUT2D eigenvalue weighted by Crippen LogP contribution is 2.35.